The zero-order valence-corrected chi connectivity index (χ0v) is 13.1. The summed E-state index contributed by atoms with van der Waals surface area (Å²) < 4.78 is 1.88. The van der Waals surface area contributed by atoms with Gasteiger partial charge in [-0.2, -0.15) is 4.98 Å². The molecule has 8 nitrogen and oxygen atoms in total. The maximum absolute atomic E-state index is 4.61. The molecule has 0 amide bonds. The average Bonchev–Trinajstić information content (AvgIpc) is 3.07. The van der Waals surface area contributed by atoms with Crippen molar-refractivity contribution in [3.63, 3.8) is 0 Å². The molecule has 0 spiro atoms. The van der Waals surface area contributed by atoms with Crippen molar-refractivity contribution in [1.29, 1.82) is 0 Å². The van der Waals surface area contributed by atoms with Gasteiger partial charge in [-0.3, -0.25) is 9.58 Å². The number of anilines is 2. The normalized spacial score (nSPS) is 16.0. The van der Waals surface area contributed by atoms with Gasteiger partial charge in [0.15, 0.2) is 0 Å². The second-order valence-electron chi connectivity index (χ2n) is 5.60. The quantitative estimate of drug-likeness (QED) is 0.767. The highest BCUT2D eigenvalue weighted by Crippen LogP contribution is 2.15. The van der Waals surface area contributed by atoms with Crippen molar-refractivity contribution >= 4 is 11.8 Å². The van der Waals surface area contributed by atoms with Crippen LogP contribution in [0.2, 0.25) is 0 Å². The first-order valence-corrected chi connectivity index (χ1v) is 7.54. The molecular formula is C14H22N8. The Hall–Kier alpha value is -2.22. The fourth-order valence-electron chi connectivity index (χ4n) is 2.53. The van der Waals surface area contributed by atoms with E-state index in [-0.39, 0.29) is 0 Å². The largest absolute Gasteiger partial charge is 0.354 e. The van der Waals surface area contributed by atoms with Gasteiger partial charge in [0.25, 0.3) is 0 Å². The number of hydrogen-bond donors (Lipinski definition) is 0. The number of aromatic nitrogens is 5. The van der Waals surface area contributed by atoms with E-state index in [2.05, 4.69) is 30.1 Å². The van der Waals surface area contributed by atoms with Crippen LogP contribution in [0, 0.1) is 0 Å². The summed E-state index contributed by atoms with van der Waals surface area (Å²) in [6, 6.07) is 1.98. The topological polar surface area (TPSA) is 66.2 Å². The summed E-state index contributed by atoms with van der Waals surface area (Å²) in [5.41, 5.74) is 0. The molecule has 2 aromatic rings. The highest BCUT2D eigenvalue weighted by atomic mass is 15.4. The van der Waals surface area contributed by atoms with E-state index in [1.54, 1.807) is 6.20 Å². The van der Waals surface area contributed by atoms with Gasteiger partial charge in [0.2, 0.25) is 5.95 Å². The Morgan fingerprint density at radius 3 is 2.59 bits per heavy atom. The molecule has 8 heteroatoms. The summed E-state index contributed by atoms with van der Waals surface area (Å²) in [7, 11) is 3.92. The predicted octanol–water partition coefficient (Wildman–Crippen LogP) is -0.0437. The van der Waals surface area contributed by atoms with Crippen LogP contribution in [-0.2, 0) is 6.54 Å². The lowest BCUT2D eigenvalue weighted by molar-refractivity contribution is 0.243. The fraction of sp³-hybridized carbons (Fsp3) is 0.571. The summed E-state index contributed by atoms with van der Waals surface area (Å²) in [6.45, 7) is 5.94. The molecule has 3 rings (SSSR count). The Morgan fingerprint density at radius 2 is 1.91 bits per heavy atom. The third kappa shape index (κ3) is 3.51. The van der Waals surface area contributed by atoms with E-state index >= 15 is 0 Å². The van der Waals surface area contributed by atoms with E-state index in [1.807, 2.05) is 42.1 Å². The molecule has 0 radical (unpaired) electrons. The van der Waals surface area contributed by atoms with Gasteiger partial charge in [-0.15, -0.1) is 5.10 Å². The molecule has 1 aliphatic rings. The molecule has 0 atom stereocenters. The van der Waals surface area contributed by atoms with Crippen LogP contribution in [0.4, 0.5) is 11.8 Å². The second-order valence-corrected chi connectivity index (χ2v) is 5.60. The summed E-state index contributed by atoms with van der Waals surface area (Å²) in [4.78, 5) is 15.6. The number of nitrogens with zero attached hydrogens (tertiary/aromatic N) is 8. The molecule has 0 unspecified atom stereocenters. The minimum Gasteiger partial charge on any atom is -0.354 e. The fourth-order valence-corrected chi connectivity index (χ4v) is 2.53. The number of hydrogen-bond acceptors (Lipinski definition) is 7. The number of piperazine rings is 1. The maximum atomic E-state index is 4.61. The van der Waals surface area contributed by atoms with Crippen LogP contribution in [-0.4, -0.2) is 76.7 Å². The molecule has 0 saturated carbocycles. The lowest BCUT2D eigenvalue weighted by Gasteiger charge is -2.35. The second kappa shape index (κ2) is 6.69. The number of rotatable bonds is 5. The van der Waals surface area contributed by atoms with Gasteiger partial charge in [-0.25, -0.2) is 4.98 Å². The molecule has 3 heterocycles. The summed E-state index contributed by atoms with van der Waals surface area (Å²) in [5, 5.41) is 7.83. The Morgan fingerprint density at radius 1 is 1.09 bits per heavy atom. The first-order valence-electron chi connectivity index (χ1n) is 7.54. The van der Waals surface area contributed by atoms with Crippen LogP contribution in [0.15, 0.2) is 24.7 Å². The summed E-state index contributed by atoms with van der Waals surface area (Å²) in [6.07, 6.45) is 5.45. The van der Waals surface area contributed by atoms with Crippen LogP contribution in [0.1, 0.15) is 0 Å². The van der Waals surface area contributed by atoms with Crippen molar-refractivity contribution in [2.45, 2.75) is 6.54 Å². The molecule has 1 fully saturated rings. The van der Waals surface area contributed by atoms with Crippen molar-refractivity contribution in [2.75, 3.05) is 56.6 Å². The van der Waals surface area contributed by atoms with Gasteiger partial charge >= 0.3 is 0 Å². The highest BCUT2D eigenvalue weighted by Gasteiger charge is 2.18. The first-order chi connectivity index (χ1) is 10.7. The van der Waals surface area contributed by atoms with Crippen molar-refractivity contribution in [3.8, 4) is 0 Å². The van der Waals surface area contributed by atoms with Crippen molar-refractivity contribution in [1.82, 2.24) is 29.9 Å². The van der Waals surface area contributed by atoms with E-state index in [1.165, 1.54) is 0 Å². The lowest BCUT2D eigenvalue weighted by atomic mass is 10.3. The van der Waals surface area contributed by atoms with Crippen LogP contribution >= 0.6 is 0 Å². The Kier molecular flexibility index (Phi) is 4.47. The Bertz CT molecular complexity index is 574. The molecule has 1 aliphatic heterocycles. The van der Waals surface area contributed by atoms with Gasteiger partial charge in [-0.1, -0.05) is 5.21 Å². The molecule has 0 bridgehead atoms. The van der Waals surface area contributed by atoms with Crippen molar-refractivity contribution in [2.24, 2.45) is 0 Å². The molecule has 0 aliphatic carbocycles. The first kappa shape index (κ1) is 14.7. The molecule has 0 N–H and O–H groups in total. The van der Waals surface area contributed by atoms with Gasteiger partial charge in [0.05, 0.1) is 12.7 Å². The summed E-state index contributed by atoms with van der Waals surface area (Å²) >= 11 is 0. The Balaban J connectivity index is 1.52. The molecule has 22 heavy (non-hydrogen) atoms. The molecular weight excluding hydrogens is 280 g/mol. The zero-order chi connectivity index (χ0) is 15.4. The van der Waals surface area contributed by atoms with Crippen LogP contribution in [0.5, 0.6) is 0 Å². The van der Waals surface area contributed by atoms with Crippen LogP contribution < -0.4 is 9.80 Å². The van der Waals surface area contributed by atoms with Crippen LogP contribution in [0.3, 0.4) is 0 Å². The van der Waals surface area contributed by atoms with E-state index in [4.69, 9.17) is 0 Å². The minimum atomic E-state index is 0.756. The van der Waals surface area contributed by atoms with E-state index in [9.17, 15) is 0 Å². The lowest BCUT2D eigenvalue weighted by Crippen LogP contribution is -2.47. The zero-order valence-electron chi connectivity index (χ0n) is 13.1. The third-order valence-corrected chi connectivity index (χ3v) is 3.84. The highest BCUT2D eigenvalue weighted by molar-refractivity contribution is 5.43. The summed E-state index contributed by atoms with van der Waals surface area (Å²) in [5.74, 6) is 1.76. The standard InChI is InChI=1S/C14H22N8/c1-19(2)14-15-4-3-13(17-14)21-10-7-20(8-11-21)9-12-22-6-5-16-18-22/h3-6H,7-12H2,1-2H3. The third-order valence-electron chi connectivity index (χ3n) is 3.84. The van der Waals surface area contributed by atoms with E-state index in [0.29, 0.717) is 0 Å². The van der Waals surface area contributed by atoms with Crippen molar-refractivity contribution < 1.29 is 0 Å². The molecule has 2 aromatic heterocycles. The van der Waals surface area contributed by atoms with Gasteiger partial charge < -0.3 is 9.80 Å². The minimum absolute atomic E-state index is 0.756. The van der Waals surface area contributed by atoms with Crippen LogP contribution in [0.25, 0.3) is 0 Å². The van der Waals surface area contributed by atoms with E-state index < -0.39 is 0 Å². The van der Waals surface area contributed by atoms with Gasteiger partial charge in [-0.05, 0) is 6.07 Å². The average molecular weight is 302 g/mol. The molecule has 0 aromatic carbocycles. The van der Waals surface area contributed by atoms with E-state index in [0.717, 1.165) is 51.0 Å². The van der Waals surface area contributed by atoms with Gasteiger partial charge in [0, 0.05) is 59.2 Å². The SMILES string of the molecule is CN(C)c1nccc(N2CCN(CCn3ccnn3)CC2)n1. The monoisotopic (exact) mass is 302 g/mol. The predicted molar refractivity (Wildman–Crippen MR) is 85.0 cm³/mol. The Labute approximate surface area is 130 Å². The molecule has 1 saturated heterocycles. The van der Waals surface area contributed by atoms with Gasteiger partial charge in [0.1, 0.15) is 5.82 Å². The smallest absolute Gasteiger partial charge is 0.226 e. The molecule has 118 valence electrons. The van der Waals surface area contributed by atoms with Crippen molar-refractivity contribution in [3.05, 3.63) is 24.7 Å². The maximum Gasteiger partial charge on any atom is 0.226 e.